The van der Waals surface area contributed by atoms with Crippen LogP contribution in [0.15, 0.2) is 0 Å². The number of nitrogens with zero attached hydrogens (tertiary/aromatic N) is 1. The lowest BCUT2D eigenvalue weighted by Gasteiger charge is -2.43. The van der Waals surface area contributed by atoms with Crippen molar-refractivity contribution < 1.29 is 9.90 Å². The molecule has 2 unspecified atom stereocenters. The second kappa shape index (κ2) is 7.13. The summed E-state index contributed by atoms with van der Waals surface area (Å²) in [5.74, 6) is 0.00858. The highest BCUT2D eigenvalue weighted by Crippen LogP contribution is 2.30. The molecule has 3 heteroatoms. The predicted octanol–water partition coefficient (Wildman–Crippen LogP) is 3.53. The summed E-state index contributed by atoms with van der Waals surface area (Å²) in [7, 11) is 0. The number of carboxylic acid groups (broad SMARTS) is 1. The second-order valence-corrected chi connectivity index (χ2v) is 5.90. The highest BCUT2D eigenvalue weighted by atomic mass is 16.4. The van der Waals surface area contributed by atoms with Crippen LogP contribution in [0.2, 0.25) is 0 Å². The molecule has 1 saturated heterocycles. The molecule has 0 aromatic heterocycles. The summed E-state index contributed by atoms with van der Waals surface area (Å²) in [5.41, 5.74) is -0.627. The molecule has 0 saturated carbocycles. The standard InChI is InChI=1S/C15H29NO2/c1-4-6-9-13(5-2)12-16-11-8-7-10-15(16,3)14(17)18/h13H,4-12H2,1-3H3,(H,17,18). The molecular weight excluding hydrogens is 226 g/mol. The van der Waals surface area contributed by atoms with Gasteiger partial charge in [-0.15, -0.1) is 0 Å². The van der Waals surface area contributed by atoms with E-state index < -0.39 is 11.5 Å². The van der Waals surface area contributed by atoms with E-state index in [9.17, 15) is 9.90 Å². The Morgan fingerprint density at radius 2 is 2.11 bits per heavy atom. The Kier molecular flexibility index (Phi) is 6.13. The van der Waals surface area contributed by atoms with E-state index >= 15 is 0 Å². The fraction of sp³-hybridized carbons (Fsp3) is 0.933. The first kappa shape index (κ1) is 15.5. The van der Waals surface area contributed by atoms with Gasteiger partial charge in [-0.3, -0.25) is 9.69 Å². The summed E-state index contributed by atoms with van der Waals surface area (Å²) in [4.78, 5) is 13.8. The number of aliphatic carboxylic acids is 1. The van der Waals surface area contributed by atoms with Crippen molar-refractivity contribution in [1.82, 2.24) is 4.90 Å². The molecule has 3 nitrogen and oxygen atoms in total. The number of likely N-dealkylation sites (tertiary alicyclic amines) is 1. The lowest BCUT2D eigenvalue weighted by molar-refractivity contribution is -0.153. The predicted molar refractivity (Wildman–Crippen MR) is 74.8 cm³/mol. The molecule has 106 valence electrons. The zero-order chi connectivity index (χ0) is 13.6. The monoisotopic (exact) mass is 255 g/mol. The first-order valence-electron chi connectivity index (χ1n) is 7.53. The average Bonchev–Trinajstić information content (AvgIpc) is 2.36. The minimum Gasteiger partial charge on any atom is -0.480 e. The maximum absolute atomic E-state index is 11.5. The SMILES string of the molecule is CCCCC(CC)CN1CCCCC1(C)C(=O)O. The van der Waals surface area contributed by atoms with Crippen LogP contribution in [-0.4, -0.2) is 34.6 Å². The van der Waals surface area contributed by atoms with E-state index in [4.69, 9.17) is 0 Å². The molecule has 0 aliphatic carbocycles. The summed E-state index contributed by atoms with van der Waals surface area (Å²) >= 11 is 0. The van der Waals surface area contributed by atoms with Crippen molar-refractivity contribution in [3.05, 3.63) is 0 Å². The third-order valence-corrected chi connectivity index (χ3v) is 4.52. The molecule has 0 radical (unpaired) electrons. The van der Waals surface area contributed by atoms with Crippen molar-refractivity contribution >= 4 is 5.97 Å². The van der Waals surface area contributed by atoms with Crippen LogP contribution in [0.3, 0.4) is 0 Å². The number of carboxylic acids is 1. The summed E-state index contributed by atoms with van der Waals surface area (Å²) in [5, 5.41) is 9.49. The Labute approximate surface area is 112 Å². The van der Waals surface area contributed by atoms with Gasteiger partial charge >= 0.3 is 5.97 Å². The van der Waals surface area contributed by atoms with Gasteiger partial charge in [0.25, 0.3) is 0 Å². The van der Waals surface area contributed by atoms with Crippen LogP contribution in [0.4, 0.5) is 0 Å². The molecule has 0 aromatic carbocycles. The van der Waals surface area contributed by atoms with Crippen molar-refractivity contribution in [2.45, 2.75) is 71.3 Å². The van der Waals surface area contributed by atoms with E-state index in [1.807, 2.05) is 6.92 Å². The van der Waals surface area contributed by atoms with Crippen LogP contribution in [0.25, 0.3) is 0 Å². The van der Waals surface area contributed by atoms with Gasteiger partial charge in [0.05, 0.1) is 0 Å². The van der Waals surface area contributed by atoms with E-state index in [1.165, 1.54) is 19.3 Å². The highest BCUT2D eigenvalue weighted by molar-refractivity contribution is 5.78. The summed E-state index contributed by atoms with van der Waals surface area (Å²) in [6, 6.07) is 0. The molecule has 18 heavy (non-hydrogen) atoms. The quantitative estimate of drug-likeness (QED) is 0.756. The molecule has 2 atom stereocenters. The smallest absolute Gasteiger partial charge is 0.323 e. The number of hydrogen-bond acceptors (Lipinski definition) is 2. The van der Waals surface area contributed by atoms with Crippen molar-refractivity contribution in [2.24, 2.45) is 5.92 Å². The molecule has 1 heterocycles. The molecule has 1 rings (SSSR count). The molecule has 0 aromatic rings. The van der Waals surface area contributed by atoms with E-state index in [-0.39, 0.29) is 0 Å². The number of unbranched alkanes of at least 4 members (excludes halogenated alkanes) is 1. The van der Waals surface area contributed by atoms with Crippen LogP contribution >= 0.6 is 0 Å². The van der Waals surface area contributed by atoms with Crippen molar-refractivity contribution in [3.8, 4) is 0 Å². The number of piperidine rings is 1. The zero-order valence-electron chi connectivity index (χ0n) is 12.2. The average molecular weight is 255 g/mol. The minimum absolute atomic E-state index is 0.627. The molecule has 1 aliphatic heterocycles. The Hall–Kier alpha value is -0.570. The van der Waals surface area contributed by atoms with E-state index in [1.54, 1.807) is 0 Å². The highest BCUT2D eigenvalue weighted by Gasteiger charge is 2.41. The summed E-state index contributed by atoms with van der Waals surface area (Å²) in [6.45, 7) is 8.25. The molecular formula is C15H29NO2. The van der Waals surface area contributed by atoms with E-state index in [0.717, 1.165) is 38.8 Å². The number of hydrogen-bond donors (Lipinski definition) is 1. The van der Waals surface area contributed by atoms with Gasteiger partial charge in [-0.05, 0) is 45.1 Å². The fourth-order valence-electron chi connectivity index (χ4n) is 2.94. The fourth-order valence-corrected chi connectivity index (χ4v) is 2.94. The Morgan fingerprint density at radius 3 is 2.67 bits per heavy atom. The third-order valence-electron chi connectivity index (χ3n) is 4.52. The second-order valence-electron chi connectivity index (χ2n) is 5.90. The van der Waals surface area contributed by atoms with Gasteiger partial charge in [-0.1, -0.05) is 33.1 Å². The van der Waals surface area contributed by atoms with Crippen molar-refractivity contribution in [2.75, 3.05) is 13.1 Å². The Balaban J connectivity index is 2.63. The number of carbonyl (C=O) groups is 1. The maximum atomic E-state index is 11.5. The lowest BCUT2D eigenvalue weighted by Crippen LogP contribution is -2.56. The lowest BCUT2D eigenvalue weighted by atomic mass is 9.86. The third kappa shape index (κ3) is 3.71. The summed E-state index contributed by atoms with van der Waals surface area (Å²) < 4.78 is 0. The van der Waals surface area contributed by atoms with Gasteiger partial charge in [-0.25, -0.2) is 0 Å². The normalized spacial score (nSPS) is 27.1. The van der Waals surface area contributed by atoms with Crippen LogP contribution in [-0.2, 0) is 4.79 Å². The van der Waals surface area contributed by atoms with Gasteiger partial charge in [0.15, 0.2) is 0 Å². The summed E-state index contributed by atoms with van der Waals surface area (Å²) in [6.07, 6.45) is 7.87. The molecule has 0 spiro atoms. The van der Waals surface area contributed by atoms with Crippen LogP contribution in [0.1, 0.15) is 65.7 Å². The molecule has 1 N–H and O–H groups in total. The van der Waals surface area contributed by atoms with E-state index in [2.05, 4.69) is 18.7 Å². The topological polar surface area (TPSA) is 40.5 Å². The first-order chi connectivity index (χ1) is 8.54. The van der Waals surface area contributed by atoms with Crippen molar-refractivity contribution in [3.63, 3.8) is 0 Å². The molecule has 1 fully saturated rings. The van der Waals surface area contributed by atoms with Gasteiger partial charge < -0.3 is 5.11 Å². The number of rotatable bonds is 7. The Bertz CT molecular complexity index is 267. The van der Waals surface area contributed by atoms with E-state index in [0.29, 0.717) is 5.92 Å². The van der Waals surface area contributed by atoms with Gasteiger partial charge in [0.1, 0.15) is 5.54 Å². The van der Waals surface area contributed by atoms with Gasteiger partial charge in [-0.2, -0.15) is 0 Å². The largest absolute Gasteiger partial charge is 0.480 e. The van der Waals surface area contributed by atoms with Crippen molar-refractivity contribution in [1.29, 1.82) is 0 Å². The molecule has 1 aliphatic rings. The Morgan fingerprint density at radius 1 is 1.39 bits per heavy atom. The van der Waals surface area contributed by atoms with Crippen LogP contribution in [0, 0.1) is 5.92 Å². The maximum Gasteiger partial charge on any atom is 0.323 e. The zero-order valence-corrected chi connectivity index (χ0v) is 12.2. The molecule has 0 amide bonds. The van der Waals surface area contributed by atoms with Crippen LogP contribution in [0.5, 0.6) is 0 Å². The van der Waals surface area contributed by atoms with Gasteiger partial charge in [0.2, 0.25) is 0 Å². The molecule has 0 bridgehead atoms. The van der Waals surface area contributed by atoms with Crippen LogP contribution < -0.4 is 0 Å². The minimum atomic E-state index is -0.646. The first-order valence-corrected chi connectivity index (χ1v) is 7.53. The van der Waals surface area contributed by atoms with Gasteiger partial charge in [0, 0.05) is 6.54 Å².